The van der Waals surface area contributed by atoms with Crippen molar-refractivity contribution in [2.45, 2.75) is 13.3 Å². The topological polar surface area (TPSA) is 68.3 Å². The summed E-state index contributed by atoms with van der Waals surface area (Å²) in [7, 11) is 3.27. The minimum absolute atomic E-state index is 0.481. The number of methoxy groups -OCH3 is 2. The van der Waals surface area contributed by atoms with Gasteiger partial charge in [-0.05, 0) is 48.7 Å². The summed E-state index contributed by atoms with van der Waals surface area (Å²) in [5.41, 5.74) is 2.93. The molecule has 2 N–H and O–H groups in total. The molecule has 0 unspecified atom stereocenters. The van der Waals surface area contributed by atoms with E-state index in [2.05, 4.69) is 32.7 Å². The number of nitrogens with one attached hydrogen (secondary N) is 2. The summed E-state index contributed by atoms with van der Waals surface area (Å²) in [6, 6.07) is 13.6. The first-order valence-corrected chi connectivity index (χ1v) is 9.28. The van der Waals surface area contributed by atoms with Gasteiger partial charge in [-0.15, -0.1) is 0 Å². The Bertz CT molecular complexity index is 932. The number of hydrogen-bond donors (Lipinski definition) is 2. The van der Waals surface area contributed by atoms with Crippen molar-refractivity contribution in [3.05, 3.63) is 64.8 Å². The average molecular weight is 399 g/mol. The van der Waals surface area contributed by atoms with Crippen LogP contribution in [0, 0.1) is 6.92 Å². The maximum atomic E-state index is 6.16. The SMILES string of the molecule is COc1ccc(CCNc2ccnc(Nc3cc(C)c(Cl)cc3OC)n2)cc1. The number of aryl methyl sites for hydroxylation is 1. The molecule has 0 aliphatic carbocycles. The van der Waals surface area contributed by atoms with E-state index in [1.165, 1.54) is 5.56 Å². The summed E-state index contributed by atoms with van der Waals surface area (Å²) >= 11 is 6.16. The fourth-order valence-corrected chi connectivity index (χ4v) is 2.85. The van der Waals surface area contributed by atoms with Crippen LogP contribution >= 0.6 is 11.6 Å². The number of benzene rings is 2. The highest BCUT2D eigenvalue weighted by molar-refractivity contribution is 6.31. The molecule has 146 valence electrons. The van der Waals surface area contributed by atoms with Gasteiger partial charge in [-0.25, -0.2) is 4.98 Å². The van der Waals surface area contributed by atoms with E-state index >= 15 is 0 Å². The van der Waals surface area contributed by atoms with E-state index < -0.39 is 0 Å². The van der Waals surface area contributed by atoms with Gasteiger partial charge in [0.25, 0.3) is 0 Å². The van der Waals surface area contributed by atoms with Crippen LogP contribution in [0.15, 0.2) is 48.7 Å². The molecule has 3 rings (SSSR count). The highest BCUT2D eigenvalue weighted by Gasteiger charge is 2.09. The molecule has 28 heavy (non-hydrogen) atoms. The third-order valence-corrected chi connectivity index (χ3v) is 4.67. The molecule has 7 heteroatoms. The van der Waals surface area contributed by atoms with Crippen molar-refractivity contribution in [3.63, 3.8) is 0 Å². The summed E-state index contributed by atoms with van der Waals surface area (Å²) in [5.74, 6) is 2.72. The molecule has 0 amide bonds. The Morgan fingerprint density at radius 1 is 1.04 bits per heavy atom. The molecule has 0 aliphatic heterocycles. The van der Waals surface area contributed by atoms with E-state index in [0.29, 0.717) is 16.7 Å². The highest BCUT2D eigenvalue weighted by Crippen LogP contribution is 2.32. The van der Waals surface area contributed by atoms with Gasteiger partial charge >= 0.3 is 0 Å². The lowest BCUT2D eigenvalue weighted by molar-refractivity contribution is 0.414. The van der Waals surface area contributed by atoms with E-state index in [0.717, 1.165) is 35.8 Å². The molecule has 1 aromatic heterocycles. The zero-order chi connectivity index (χ0) is 19.9. The number of nitrogens with zero attached hydrogens (tertiary/aromatic N) is 2. The lowest BCUT2D eigenvalue weighted by Crippen LogP contribution is -2.08. The summed E-state index contributed by atoms with van der Waals surface area (Å²) in [4.78, 5) is 8.80. The predicted molar refractivity (Wildman–Crippen MR) is 113 cm³/mol. The normalized spacial score (nSPS) is 10.4. The average Bonchev–Trinajstić information content (AvgIpc) is 2.71. The molecule has 0 fully saturated rings. The van der Waals surface area contributed by atoms with Crippen LogP contribution in [-0.2, 0) is 6.42 Å². The number of anilines is 3. The summed E-state index contributed by atoms with van der Waals surface area (Å²) in [5, 5.41) is 7.17. The second-order valence-corrected chi connectivity index (χ2v) is 6.62. The van der Waals surface area contributed by atoms with Gasteiger partial charge in [0.1, 0.15) is 17.3 Å². The van der Waals surface area contributed by atoms with Crippen molar-refractivity contribution in [2.24, 2.45) is 0 Å². The predicted octanol–water partition coefficient (Wildman–Crippen LogP) is 4.85. The molecule has 0 saturated carbocycles. The maximum absolute atomic E-state index is 6.16. The molecule has 0 aliphatic rings. The third-order valence-electron chi connectivity index (χ3n) is 4.26. The number of hydrogen-bond acceptors (Lipinski definition) is 6. The number of halogens is 1. The minimum Gasteiger partial charge on any atom is -0.497 e. The first kappa shape index (κ1) is 19.8. The van der Waals surface area contributed by atoms with Crippen LogP contribution in [0.1, 0.15) is 11.1 Å². The molecular formula is C21H23ClN4O2. The summed E-state index contributed by atoms with van der Waals surface area (Å²) < 4.78 is 10.6. The first-order chi connectivity index (χ1) is 13.6. The zero-order valence-corrected chi connectivity index (χ0v) is 16.9. The molecule has 2 aromatic carbocycles. The summed E-state index contributed by atoms with van der Waals surface area (Å²) in [6.45, 7) is 2.69. The van der Waals surface area contributed by atoms with Crippen LogP contribution < -0.4 is 20.1 Å². The molecule has 0 bridgehead atoms. The number of aromatic nitrogens is 2. The molecule has 0 saturated heterocycles. The lowest BCUT2D eigenvalue weighted by Gasteiger charge is -2.13. The Kier molecular flexibility index (Phi) is 6.55. The molecule has 3 aromatic rings. The Morgan fingerprint density at radius 2 is 1.82 bits per heavy atom. The van der Waals surface area contributed by atoms with Crippen LogP contribution in [0.4, 0.5) is 17.5 Å². The van der Waals surface area contributed by atoms with Gasteiger partial charge in [0.15, 0.2) is 0 Å². The Hall–Kier alpha value is -2.99. The standard InChI is InChI=1S/C21H23ClN4O2/c1-14-12-18(19(28-3)13-17(14)22)25-21-24-11-9-20(26-21)23-10-8-15-4-6-16(27-2)7-5-15/h4-7,9,11-13H,8,10H2,1-3H3,(H2,23,24,25,26). The smallest absolute Gasteiger partial charge is 0.229 e. The van der Waals surface area contributed by atoms with Crippen LogP contribution in [0.2, 0.25) is 5.02 Å². The van der Waals surface area contributed by atoms with E-state index in [1.807, 2.05) is 31.2 Å². The first-order valence-electron chi connectivity index (χ1n) is 8.90. The minimum atomic E-state index is 0.481. The monoisotopic (exact) mass is 398 g/mol. The molecule has 6 nitrogen and oxygen atoms in total. The Balaban J connectivity index is 1.63. The van der Waals surface area contributed by atoms with Crippen LogP contribution in [-0.4, -0.2) is 30.7 Å². The maximum Gasteiger partial charge on any atom is 0.229 e. The zero-order valence-electron chi connectivity index (χ0n) is 16.1. The molecule has 0 spiro atoms. The molecule has 0 radical (unpaired) electrons. The van der Waals surface area contributed by atoms with Gasteiger partial charge < -0.3 is 20.1 Å². The fraction of sp³-hybridized carbons (Fsp3) is 0.238. The van der Waals surface area contributed by atoms with E-state index in [9.17, 15) is 0 Å². The van der Waals surface area contributed by atoms with Crippen molar-refractivity contribution in [2.75, 3.05) is 31.4 Å². The third kappa shape index (κ3) is 5.04. The molecule has 1 heterocycles. The van der Waals surface area contributed by atoms with Crippen LogP contribution in [0.3, 0.4) is 0 Å². The second kappa shape index (κ2) is 9.28. The van der Waals surface area contributed by atoms with Gasteiger partial charge in [-0.1, -0.05) is 23.7 Å². The Labute approximate surface area is 169 Å². The number of rotatable bonds is 8. The van der Waals surface area contributed by atoms with Crippen molar-refractivity contribution in [1.82, 2.24) is 9.97 Å². The lowest BCUT2D eigenvalue weighted by atomic mass is 10.1. The quantitative estimate of drug-likeness (QED) is 0.565. The van der Waals surface area contributed by atoms with Gasteiger partial charge in [-0.3, -0.25) is 0 Å². The van der Waals surface area contributed by atoms with Gasteiger partial charge in [0.05, 0.1) is 19.9 Å². The van der Waals surface area contributed by atoms with Crippen molar-refractivity contribution < 1.29 is 9.47 Å². The highest BCUT2D eigenvalue weighted by atomic mass is 35.5. The number of ether oxygens (including phenoxy) is 2. The van der Waals surface area contributed by atoms with Crippen molar-refractivity contribution >= 4 is 29.1 Å². The van der Waals surface area contributed by atoms with Gasteiger partial charge in [0.2, 0.25) is 5.95 Å². The van der Waals surface area contributed by atoms with Crippen LogP contribution in [0.25, 0.3) is 0 Å². The van der Waals surface area contributed by atoms with E-state index in [1.54, 1.807) is 26.5 Å². The van der Waals surface area contributed by atoms with Crippen molar-refractivity contribution in [1.29, 1.82) is 0 Å². The summed E-state index contributed by atoms with van der Waals surface area (Å²) in [6.07, 6.45) is 2.58. The fourth-order valence-electron chi connectivity index (χ4n) is 2.69. The Morgan fingerprint density at radius 3 is 2.54 bits per heavy atom. The van der Waals surface area contributed by atoms with E-state index in [-0.39, 0.29) is 0 Å². The van der Waals surface area contributed by atoms with Gasteiger partial charge in [0, 0.05) is 23.8 Å². The molecule has 0 atom stereocenters. The van der Waals surface area contributed by atoms with Gasteiger partial charge in [-0.2, -0.15) is 4.98 Å². The molecular weight excluding hydrogens is 376 g/mol. The second-order valence-electron chi connectivity index (χ2n) is 6.22. The van der Waals surface area contributed by atoms with Crippen LogP contribution in [0.5, 0.6) is 11.5 Å². The largest absolute Gasteiger partial charge is 0.497 e. The van der Waals surface area contributed by atoms with E-state index in [4.69, 9.17) is 21.1 Å². The van der Waals surface area contributed by atoms with Crippen molar-refractivity contribution in [3.8, 4) is 11.5 Å².